The van der Waals surface area contributed by atoms with E-state index in [0.717, 1.165) is 5.56 Å². The molecule has 0 radical (unpaired) electrons. The Balaban J connectivity index is 0.00000385. The summed E-state index contributed by atoms with van der Waals surface area (Å²) in [4.78, 5) is 47.0. The second-order valence-electron chi connectivity index (χ2n) is 8.55. The van der Waals surface area contributed by atoms with E-state index in [1.165, 1.54) is 0 Å². The van der Waals surface area contributed by atoms with Crippen LogP contribution in [-0.4, -0.2) is 51.4 Å². The van der Waals surface area contributed by atoms with Crippen molar-refractivity contribution in [3.05, 3.63) is 63.3 Å². The summed E-state index contributed by atoms with van der Waals surface area (Å²) in [7, 11) is 0. The van der Waals surface area contributed by atoms with Crippen LogP contribution in [-0.2, 0) is 40.3 Å². The quantitative estimate of drug-likeness (QED) is 0.521. The zero-order chi connectivity index (χ0) is 23.3. The van der Waals surface area contributed by atoms with Crippen molar-refractivity contribution < 1.29 is 14.3 Å². The van der Waals surface area contributed by atoms with Crippen molar-refractivity contribution in [2.24, 2.45) is 5.73 Å². The Labute approximate surface area is 199 Å². The van der Waals surface area contributed by atoms with E-state index in [1.54, 1.807) is 18.7 Å². The third-order valence-corrected chi connectivity index (χ3v) is 5.35. The molecule has 1 aromatic heterocycles. The van der Waals surface area contributed by atoms with Gasteiger partial charge in [0, 0.05) is 18.5 Å². The lowest BCUT2D eigenvalue weighted by Crippen LogP contribution is -2.58. The second-order valence-corrected chi connectivity index (χ2v) is 8.55. The molecule has 2 aromatic rings. The summed E-state index contributed by atoms with van der Waals surface area (Å²) in [5.41, 5.74) is 6.79. The summed E-state index contributed by atoms with van der Waals surface area (Å²) in [6.45, 7) is 5.94. The molecule has 180 valence electrons. The summed E-state index contributed by atoms with van der Waals surface area (Å²) < 4.78 is 5.76. The Kier molecular flexibility index (Phi) is 9.16. The van der Waals surface area contributed by atoms with E-state index in [9.17, 15) is 14.4 Å². The Morgan fingerprint density at radius 3 is 2.64 bits per heavy atom. The second kappa shape index (κ2) is 11.4. The molecule has 1 aromatic carbocycles. The van der Waals surface area contributed by atoms with Crippen molar-refractivity contribution in [1.29, 1.82) is 0 Å². The summed E-state index contributed by atoms with van der Waals surface area (Å²) >= 11 is 0. The number of aryl methyl sites for hydroxylation is 1. The SMILES string of the molecule is CCc1nc2c(c(=O)[nH]1)CCN(C(=O)[C@@H](COCc1ccccc1)NC(=O)C(C)(C)N)C2.Cl. The first-order chi connectivity index (χ1) is 15.2. The van der Waals surface area contributed by atoms with Crippen LogP contribution in [0.5, 0.6) is 0 Å². The van der Waals surface area contributed by atoms with Crippen molar-refractivity contribution >= 4 is 24.2 Å². The van der Waals surface area contributed by atoms with Crippen LogP contribution in [0, 0.1) is 0 Å². The number of hydrogen-bond acceptors (Lipinski definition) is 6. The van der Waals surface area contributed by atoms with Crippen LogP contribution in [0.2, 0.25) is 0 Å². The lowest BCUT2D eigenvalue weighted by molar-refractivity contribution is -0.140. The maximum absolute atomic E-state index is 13.3. The van der Waals surface area contributed by atoms with E-state index in [0.29, 0.717) is 43.1 Å². The van der Waals surface area contributed by atoms with Crippen LogP contribution in [0.1, 0.15) is 43.4 Å². The molecule has 0 saturated carbocycles. The summed E-state index contributed by atoms with van der Waals surface area (Å²) in [6, 6.07) is 8.68. The van der Waals surface area contributed by atoms with Gasteiger partial charge in [0.05, 0.1) is 31.0 Å². The number of rotatable bonds is 8. The summed E-state index contributed by atoms with van der Waals surface area (Å²) in [5, 5.41) is 2.73. The molecule has 0 saturated heterocycles. The monoisotopic (exact) mass is 477 g/mol. The fourth-order valence-electron chi connectivity index (χ4n) is 3.45. The highest BCUT2D eigenvalue weighted by Crippen LogP contribution is 2.16. The van der Waals surface area contributed by atoms with Crippen LogP contribution >= 0.6 is 12.4 Å². The first-order valence-electron chi connectivity index (χ1n) is 10.8. The zero-order valence-electron chi connectivity index (χ0n) is 19.2. The van der Waals surface area contributed by atoms with E-state index in [-0.39, 0.29) is 37.0 Å². The van der Waals surface area contributed by atoms with E-state index >= 15 is 0 Å². The van der Waals surface area contributed by atoms with Gasteiger partial charge in [0.25, 0.3) is 5.56 Å². The topological polar surface area (TPSA) is 130 Å². The molecule has 9 nitrogen and oxygen atoms in total. The molecule has 1 atom stereocenters. The Morgan fingerprint density at radius 2 is 2.00 bits per heavy atom. The number of ether oxygens (including phenoxy) is 1. The predicted octanol–water partition coefficient (Wildman–Crippen LogP) is 1.08. The number of nitrogens with one attached hydrogen (secondary N) is 2. The smallest absolute Gasteiger partial charge is 0.254 e. The Hall–Kier alpha value is -2.75. The van der Waals surface area contributed by atoms with E-state index in [4.69, 9.17) is 10.5 Å². The van der Waals surface area contributed by atoms with Gasteiger partial charge in [-0.2, -0.15) is 0 Å². The third kappa shape index (κ3) is 6.86. The molecular weight excluding hydrogens is 446 g/mol. The Bertz CT molecular complexity index is 1020. The minimum absolute atomic E-state index is 0. The molecule has 2 heterocycles. The molecule has 1 aliphatic heterocycles. The number of aromatic amines is 1. The predicted molar refractivity (Wildman–Crippen MR) is 127 cm³/mol. The van der Waals surface area contributed by atoms with Gasteiger partial charge in [-0.05, 0) is 25.8 Å². The average Bonchev–Trinajstić information content (AvgIpc) is 2.77. The molecule has 4 N–H and O–H groups in total. The number of nitrogens with two attached hydrogens (primary N) is 1. The lowest BCUT2D eigenvalue weighted by Gasteiger charge is -2.32. The molecule has 0 unspecified atom stereocenters. The normalized spacial score (nSPS) is 14.1. The summed E-state index contributed by atoms with van der Waals surface area (Å²) in [6.07, 6.45) is 0.995. The molecule has 33 heavy (non-hydrogen) atoms. The highest BCUT2D eigenvalue weighted by atomic mass is 35.5. The maximum Gasteiger partial charge on any atom is 0.254 e. The van der Waals surface area contributed by atoms with Crippen molar-refractivity contribution in [1.82, 2.24) is 20.2 Å². The van der Waals surface area contributed by atoms with Gasteiger partial charge in [0.2, 0.25) is 11.8 Å². The highest BCUT2D eigenvalue weighted by molar-refractivity contribution is 5.91. The molecule has 0 spiro atoms. The number of H-pyrrole nitrogens is 1. The molecule has 0 aliphatic carbocycles. The standard InChI is InChI=1S/C23H31N5O4.ClH/c1-4-19-25-17-12-28(11-10-16(17)20(29)27-19)21(30)18(26-22(31)23(2,3)24)14-32-13-15-8-6-5-7-9-15;/h5-9,18H,4,10-14,24H2,1-3H3,(H,26,31)(H,25,27,29);1H/t18-;/m1./s1. The molecular formula is C23H32ClN5O4. The number of aromatic nitrogens is 2. The van der Waals surface area contributed by atoms with Crippen molar-refractivity contribution in [3.8, 4) is 0 Å². The third-order valence-electron chi connectivity index (χ3n) is 5.35. The van der Waals surface area contributed by atoms with Gasteiger partial charge < -0.3 is 25.7 Å². The minimum atomic E-state index is -1.14. The van der Waals surface area contributed by atoms with Crippen LogP contribution < -0.4 is 16.6 Å². The van der Waals surface area contributed by atoms with Gasteiger partial charge >= 0.3 is 0 Å². The molecule has 2 amide bonds. The number of benzene rings is 1. The fourth-order valence-corrected chi connectivity index (χ4v) is 3.45. The van der Waals surface area contributed by atoms with Gasteiger partial charge in [-0.1, -0.05) is 37.3 Å². The van der Waals surface area contributed by atoms with Crippen LogP contribution in [0.3, 0.4) is 0 Å². The van der Waals surface area contributed by atoms with Gasteiger partial charge in [0.1, 0.15) is 11.9 Å². The molecule has 1 aliphatic rings. The number of amides is 2. The first-order valence-corrected chi connectivity index (χ1v) is 10.8. The van der Waals surface area contributed by atoms with E-state index in [2.05, 4.69) is 15.3 Å². The van der Waals surface area contributed by atoms with Crippen LogP contribution in [0.25, 0.3) is 0 Å². The highest BCUT2D eigenvalue weighted by Gasteiger charge is 2.33. The van der Waals surface area contributed by atoms with Crippen LogP contribution in [0.15, 0.2) is 35.1 Å². The first kappa shape index (κ1) is 26.5. The van der Waals surface area contributed by atoms with Gasteiger partial charge in [-0.15, -0.1) is 12.4 Å². The number of nitrogens with zero attached hydrogens (tertiary/aromatic N) is 2. The van der Waals surface area contributed by atoms with Gasteiger partial charge in [-0.3, -0.25) is 14.4 Å². The van der Waals surface area contributed by atoms with Gasteiger partial charge in [-0.25, -0.2) is 4.98 Å². The molecule has 10 heteroatoms. The zero-order valence-corrected chi connectivity index (χ0v) is 20.0. The number of hydrogen-bond donors (Lipinski definition) is 3. The number of carbonyl (C=O) groups excluding carboxylic acids is 2. The average molecular weight is 478 g/mol. The summed E-state index contributed by atoms with van der Waals surface area (Å²) in [5.74, 6) is -0.148. The number of halogens is 1. The molecule has 3 rings (SSSR count). The number of carbonyl (C=O) groups is 2. The van der Waals surface area contributed by atoms with Crippen molar-refractivity contribution in [3.63, 3.8) is 0 Å². The van der Waals surface area contributed by atoms with Crippen molar-refractivity contribution in [2.75, 3.05) is 13.2 Å². The lowest BCUT2D eigenvalue weighted by atomic mass is 10.0. The van der Waals surface area contributed by atoms with Gasteiger partial charge in [0.15, 0.2) is 0 Å². The number of fused-ring (bicyclic) bond motifs is 1. The van der Waals surface area contributed by atoms with Crippen molar-refractivity contribution in [2.45, 2.75) is 58.3 Å². The minimum Gasteiger partial charge on any atom is -0.374 e. The van der Waals surface area contributed by atoms with Crippen LogP contribution in [0.4, 0.5) is 0 Å². The van der Waals surface area contributed by atoms with E-state index < -0.39 is 17.5 Å². The largest absolute Gasteiger partial charge is 0.374 e. The molecule has 0 bridgehead atoms. The van der Waals surface area contributed by atoms with E-state index in [1.807, 2.05) is 37.3 Å². The Morgan fingerprint density at radius 1 is 1.30 bits per heavy atom. The molecule has 0 fully saturated rings. The fraction of sp³-hybridized carbons (Fsp3) is 0.478. The maximum atomic E-state index is 13.3.